The van der Waals surface area contributed by atoms with Crippen molar-refractivity contribution < 1.29 is 14.6 Å². The Balaban J connectivity index is 1.85. The Bertz CT molecular complexity index is 466. The molecule has 1 aliphatic carbocycles. The fourth-order valence-corrected chi connectivity index (χ4v) is 2.91. The fourth-order valence-electron chi connectivity index (χ4n) is 2.91. The number of carboxylic acid groups (broad SMARTS) is 1. The minimum atomic E-state index is -0.788. The van der Waals surface area contributed by atoms with Crippen molar-refractivity contribution in [1.29, 1.82) is 0 Å². The van der Waals surface area contributed by atoms with E-state index in [-0.39, 0.29) is 0 Å². The van der Waals surface area contributed by atoms with Crippen LogP contribution < -0.4 is 0 Å². The number of carbonyl (C=O) groups is 1. The summed E-state index contributed by atoms with van der Waals surface area (Å²) in [4.78, 5) is 10.9. The highest BCUT2D eigenvalue weighted by molar-refractivity contribution is 5.75. The van der Waals surface area contributed by atoms with Gasteiger partial charge >= 0.3 is 5.97 Å². The Morgan fingerprint density at radius 1 is 1.24 bits per heavy atom. The van der Waals surface area contributed by atoms with Gasteiger partial charge in [-0.25, -0.2) is 0 Å². The first-order valence-corrected chi connectivity index (χ1v) is 7.90. The smallest absolute Gasteiger partial charge is 0.310 e. The molecule has 0 amide bonds. The molecule has 1 aliphatic rings. The molecule has 0 aromatic heterocycles. The molecule has 1 fully saturated rings. The first kappa shape index (κ1) is 16.0. The van der Waals surface area contributed by atoms with Gasteiger partial charge in [0, 0.05) is 0 Å². The van der Waals surface area contributed by atoms with Crippen LogP contribution in [0.5, 0.6) is 0 Å². The van der Waals surface area contributed by atoms with Crippen molar-refractivity contribution in [2.75, 3.05) is 0 Å². The van der Waals surface area contributed by atoms with Gasteiger partial charge in [0.15, 0.2) is 0 Å². The number of benzene rings is 1. The predicted octanol–water partition coefficient (Wildman–Crippen LogP) is 4.22. The molecule has 0 heterocycles. The Morgan fingerprint density at radius 2 is 1.90 bits per heavy atom. The number of rotatable bonds is 5. The van der Waals surface area contributed by atoms with Gasteiger partial charge in [0.05, 0.1) is 18.6 Å². The van der Waals surface area contributed by atoms with Crippen LogP contribution >= 0.6 is 0 Å². The molecule has 0 bridgehead atoms. The van der Waals surface area contributed by atoms with E-state index in [1.54, 1.807) is 6.92 Å². The van der Waals surface area contributed by atoms with Crippen molar-refractivity contribution in [3.63, 3.8) is 0 Å². The predicted molar refractivity (Wildman–Crippen MR) is 83.2 cm³/mol. The molecule has 0 saturated heterocycles. The van der Waals surface area contributed by atoms with Crippen LogP contribution in [0, 0.1) is 11.8 Å². The van der Waals surface area contributed by atoms with Gasteiger partial charge in [-0.2, -0.15) is 0 Å². The van der Waals surface area contributed by atoms with Gasteiger partial charge in [-0.3, -0.25) is 4.79 Å². The molecular weight excluding hydrogens is 264 g/mol. The van der Waals surface area contributed by atoms with Gasteiger partial charge in [0.25, 0.3) is 0 Å². The molecule has 3 heteroatoms. The molecule has 0 aliphatic heterocycles. The Morgan fingerprint density at radius 3 is 2.48 bits per heavy atom. The normalized spacial score (nSPS) is 27.3. The number of carboxylic acids is 1. The summed E-state index contributed by atoms with van der Waals surface area (Å²) in [6.07, 6.45) is 3.92. The molecule has 3 nitrogen and oxygen atoms in total. The third kappa shape index (κ3) is 4.31. The second kappa shape index (κ2) is 7.08. The summed E-state index contributed by atoms with van der Waals surface area (Å²) in [7, 11) is 0. The van der Waals surface area contributed by atoms with Crippen molar-refractivity contribution in [2.24, 2.45) is 11.8 Å². The third-order valence-corrected chi connectivity index (χ3v) is 4.89. The van der Waals surface area contributed by atoms with Crippen molar-refractivity contribution in [1.82, 2.24) is 0 Å². The standard InChI is InChI=1S/C18H26O3/c1-12-4-9-17(10-13(12)2)21-11-15-5-7-16(8-6-15)14(3)18(19)20/h5-8,12-14,17H,4,9-11H2,1-3H3,(H,19,20). The second-order valence-electron chi connectivity index (χ2n) is 6.50. The van der Waals surface area contributed by atoms with Crippen molar-refractivity contribution in [2.45, 2.75) is 58.7 Å². The fraction of sp³-hybridized carbons (Fsp3) is 0.611. The summed E-state index contributed by atoms with van der Waals surface area (Å²) in [6, 6.07) is 7.74. The lowest BCUT2D eigenvalue weighted by molar-refractivity contribution is -0.138. The molecule has 4 atom stereocenters. The molecule has 0 spiro atoms. The topological polar surface area (TPSA) is 46.5 Å². The molecule has 116 valence electrons. The second-order valence-corrected chi connectivity index (χ2v) is 6.50. The molecule has 1 aromatic carbocycles. The first-order chi connectivity index (χ1) is 9.97. The van der Waals surface area contributed by atoms with Gasteiger partial charge in [-0.15, -0.1) is 0 Å². The molecule has 0 radical (unpaired) electrons. The summed E-state index contributed by atoms with van der Waals surface area (Å²) >= 11 is 0. The van der Waals surface area contributed by atoms with Crippen LogP contribution in [0.2, 0.25) is 0 Å². The summed E-state index contributed by atoms with van der Waals surface area (Å²) < 4.78 is 6.02. The average molecular weight is 290 g/mol. The zero-order valence-electron chi connectivity index (χ0n) is 13.2. The third-order valence-electron chi connectivity index (χ3n) is 4.89. The van der Waals surface area contributed by atoms with Crippen molar-refractivity contribution in [3.05, 3.63) is 35.4 Å². The molecule has 1 aromatic rings. The van der Waals surface area contributed by atoms with E-state index in [1.807, 2.05) is 24.3 Å². The average Bonchev–Trinajstić information content (AvgIpc) is 2.48. The van der Waals surface area contributed by atoms with Crippen LogP contribution in [0.3, 0.4) is 0 Å². The molecule has 1 saturated carbocycles. The number of aliphatic carboxylic acids is 1. The zero-order valence-corrected chi connectivity index (χ0v) is 13.2. The van der Waals surface area contributed by atoms with E-state index < -0.39 is 11.9 Å². The minimum absolute atomic E-state index is 0.369. The van der Waals surface area contributed by atoms with Gasteiger partial charge < -0.3 is 9.84 Å². The van der Waals surface area contributed by atoms with Gasteiger partial charge in [-0.05, 0) is 49.1 Å². The van der Waals surface area contributed by atoms with Crippen LogP contribution in [0.4, 0.5) is 0 Å². The number of hydrogen-bond donors (Lipinski definition) is 1. The molecule has 4 unspecified atom stereocenters. The highest BCUT2D eigenvalue weighted by Crippen LogP contribution is 2.31. The molecule has 21 heavy (non-hydrogen) atoms. The van der Waals surface area contributed by atoms with Crippen LogP contribution in [0.25, 0.3) is 0 Å². The number of hydrogen-bond acceptors (Lipinski definition) is 2. The van der Waals surface area contributed by atoms with Gasteiger partial charge in [-0.1, -0.05) is 38.1 Å². The lowest BCUT2D eigenvalue weighted by Crippen LogP contribution is -2.26. The summed E-state index contributed by atoms with van der Waals surface area (Å²) in [5.74, 6) is 0.300. The Labute approximate surface area is 127 Å². The van der Waals surface area contributed by atoms with Crippen LogP contribution in [0.15, 0.2) is 24.3 Å². The largest absolute Gasteiger partial charge is 0.481 e. The Kier molecular flexibility index (Phi) is 5.40. The summed E-state index contributed by atoms with van der Waals surface area (Å²) in [6.45, 7) is 6.96. The van der Waals surface area contributed by atoms with Crippen molar-refractivity contribution >= 4 is 5.97 Å². The quantitative estimate of drug-likeness (QED) is 0.883. The SMILES string of the molecule is CC(C(=O)O)c1ccc(COC2CCC(C)C(C)C2)cc1. The van der Waals surface area contributed by atoms with Crippen LogP contribution in [-0.2, 0) is 16.1 Å². The highest BCUT2D eigenvalue weighted by atomic mass is 16.5. The maximum absolute atomic E-state index is 10.9. The molecular formula is C18H26O3. The number of ether oxygens (including phenoxy) is 1. The Hall–Kier alpha value is -1.35. The van der Waals surface area contributed by atoms with E-state index in [1.165, 1.54) is 6.42 Å². The maximum Gasteiger partial charge on any atom is 0.310 e. The van der Waals surface area contributed by atoms with E-state index >= 15 is 0 Å². The van der Waals surface area contributed by atoms with Crippen molar-refractivity contribution in [3.8, 4) is 0 Å². The zero-order chi connectivity index (χ0) is 15.4. The van der Waals surface area contributed by atoms with E-state index in [4.69, 9.17) is 9.84 Å². The molecule has 1 N–H and O–H groups in total. The molecule has 2 rings (SSSR count). The summed E-state index contributed by atoms with van der Waals surface area (Å²) in [5, 5.41) is 9.00. The van der Waals surface area contributed by atoms with Crippen LogP contribution in [-0.4, -0.2) is 17.2 Å². The van der Waals surface area contributed by atoms with Gasteiger partial charge in [0.2, 0.25) is 0 Å². The summed E-state index contributed by atoms with van der Waals surface area (Å²) in [5.41, 5.74) is 1.95. The van der Waals surface area contributed by atoms with E-state index in [0.717, 1.165) is 35.8 Å². The maximum atomic E-state index is 10.9. The highest BCUT2D eigenvalue weighted by Gasteiger charge is 2.24. The van der Waals surface area contributed by atoms with Crippen LogP contribution in [0.1, 0.15) is 57.1 Å². The minimum Gasteiger partial charge on any atom is -0.481 e. The van der Waals surface area contributed by atoms with E-state index in [2.05, 4.69) is 13.8 Å². The lowest BCUT2D eigenvalue weighted by Gasteiger charge is -2.32. The van der Waals surface area contributed by atoms with E-state index in [0.29, 0.717) is 12.7 Å². The van der Waals surface area contributed by atoms with Gasteiger partial charge in [0.1, 0.15) is 0 Å². The monoisotopic (exact) mass is 290 g/mol. The van der Waals surface area contributed by atoms with E-state index in [9.17, 15) is 4.79 Å². The lowest BCUT2D eigenvalue weighted by atomic mass is 9.80. The first-order valence-electron chi connectivity index (χ1n) is 7.90.